The monoisotopic (exact) mass is 273 g/mol. The number of aromatic nitrogens is 2. The number of benzene rings is 1. The molecule has 1 aromatic heterocycles. The Balaban J connectivity index is 1.79. The van der Waals surface area contributed by atoms with Crippen molar-refractivity contribution in [3.8, 4) is 5.75 Å². The first-order valence-corrected chi connectivity index (χ1v) is 6.90. The van der Waals surface area contributed by atoms with Gasteiger partial charge in [0.1, 0.15) is 18.2 Å². The minimum Gasteiger partial charge on any atom is -0.492 e. The predicted molar refractivity (Wildman–Crippen MR) is 81.0 cm³/mol. The lowest BCUT2D eigenvalue weighted by atomic mass is 10.1. The highest BCUT2D eigenvalue weighted by atomic mass is 16.5. The molecular formula is C16H23N3O. The molecule has 1 aromatic carbocycles. The highest BCUT2D eigenvalue weighted by Gasteiger charge is 2.05. The lowest BCUT2D eigenvalue weighted by Gasteiger charge is -2.17. The zero-order valence-electron chi connectivity index (χ0n) is 12.8. The Labute approximate surface area is 121 Å². The van der Waals surface area contributed by atoms with Crippen LogP contribution in [0.25, 0.3) is 0 Å². The third-order valence-electron chi connectivity index (χ3n) is 3.27. The molecule has 0 aliphatic heterocycles. The molecule has 0 bridgehead atoms. The van der Waals surface area contributed by atoms with Crippen LogP contribution in [0.3, 0.4) is 0 Å². The van der Waals surface area contributed by atoms with E-state index in [0.717, 1.165) is 24.7 Å². The molecule has 0 saturated heterocycles. The molecule has 1 heterocycles. The molecule has 0 fully saturated rings. The molecule has 2 aromatic rings. The largest absolute Gasteiger partial charge is 0.492 e. The van der Waals surface area contributed by atoms with Crippen LogP contribution in [0.5, 0.6) is 5.75 Å². The van der Waals surface area contributed by atoms with Gasteiger partial charge in [-0.2, -0.15) is 0 Å². The van der Waals surface area contributed by atoms with Crippen molar-refractivity contribution >= 4 is 0 Å². The first-order valence-electron chi connectivity index (χ1n) is 6.90. The second-order valence-corrected chi connectivity index (χ2v) is 5.36. The van der Waals surface area contributed by atoms with Crippen molar-refractivity contribution in [1.29, 1.82) is 0 Å². The van der Waals surface area contributed by atoms with Gasteiger partial charge in [-0.05, 0) is 44.2 Å². The van der Waals surface area contributed by atoms with Crippen molar-refractivity contribution in [2.24, 2.45) is 7.05 Å². The van der Waals surface area contributed by atoms with Gasteiger partial charge >= 0.3 is 0 Å². The molecule has 2 rings (SSSR count). The SMILES string of the molecule is Cc1cc(C)cc(OCCN(C)Cc2nccn2C)c1. The maximum Gasteiger partial charge on any atom is 0.122 e. The van der Waals surface area contributed by atoms with Gasteiger partial charge in [-0.3, -0.25) is 4.90 Å². The van der Waals surface area contributed by atoms with E-state index in [2.05, 4.69) is 49.0 Å². The van der Waals surface area contributed by atoms with Crippen LogP contribution in [0.2, 0.25) is 0 Å². The van der Waals surface area contributed by atoms with Gasteiger partial charge in [-0.1, -0.05) is 6.07 Å². The molecule has 0 amide bonds. The van der Waals surface area contributed by atoms with Crippen LogP contribution in [0.4, 0.5) is 0 Å². The lowest BCUT2D eigenvalue weighted by molar-refractivity contribution is 0.228. The summed E-state index contributed by atoms with van der Waals surface area (Å²) in [4.78, 5) is 6.54. The predicted octanol–water partition coefficient (Wildman–Crippen LogP) is 2.55. The zero-order valence-corrected chi connectivity index (χ0v) is 12.8. The molecule has 0 radical (unpaired) electrons. The van der Waals surface area contributed by atoms with Crippen molar-refractivity contribution in [3.63, 3.8) is 0 Å². The van der Waals surface area contributed by atoms with Crippen LogP contribution in [0.1, 0.15) is 17.0 Å². The minimum atomic E-state index is 0.684. The Morgan fingerprint density at radius 1 is 1.20 bits per heavy atom. The Kier molecular flexibility index (Phi) is 4.79. The molecule has 0 spiro atoms. The lowest BCUT2D eigenvalue weighted by Crippen LogP contribution is -2.25. The molecule has 0 aliphatic carbocycles. The molecule has 20 heavy (non-hydrogen) atoms. The summed E-state index contributed by atoms with van der Waals surface area (Å²) in [6.45, 7) is 6.57. The summed E-state index contributed by atoms with van der Waals surface area (Å²) in [5.74, 6) is 2.02. The number of aryl methyl sites for hydroxylation is 3. The average molecular weight is 273 g/mol. The van der Waals surface area contributed by atoms with Gasteiger partial charge < -0.3 is 9.30 Å². The van der Waals surface area contributed by atoms with E-state index in [1.165, 1.54) is 11.1 Å². The van der Waals surface area contributed by atoms with Crippen LogP contribution in [0, 0.1) is 13.8 Å². The fraction of sp³-hybridized carbons (Fsp3) is 0.438. The first kappa shape index (κ1) is 14.6. The smallest absolute Gasteiger partial charge is 0.122 e. The maximum atomic E-state index is 5.82. The van der Waals surface area contributed by atoms with Crippen molar-refractivity contribution < 1.29 is 4.74 Å². The van der Waals surface area contributed by atoms with Crippen molar-refractivity contribution in [1.82, 2.24) is 14.5 Å². The molecule has 0 atom stereocenters. The molecular weight excluding hydrogens is 250 g/mol. The van der Waals surface area contributed by atoms with E-state index < -0.39 is 0 Å². The maximum absolute atomic E-state index is 5.82. The van der Waals surface area contributed by atoms with Crippen LogP contribution < -0.4 is 4.74 Å². The van der Waals surface area contributed by atoms with E-state index in [1.807, 2.05) is 24.0 Å². The standard InChI is InChI=1S/C16H23N3O/c1-13-9-14(2)11-15(10-13)20-8-7-18(3)12-16-17-5-6-19(16)4/h5-6,9-11H,7-8,12H2,1-4H3. The third-order valence-corrected chi connectivity index (χ3v) is 3.27. The van der Waals surface area contributed by atoms with E-state index in [9.17, 15) is 0 Å². The van der Waals surface area contributed by atoms with Crippen LogP contribution in [-0.2, 0) is 13.6 Å². The van der Waals surface area contributed by atoms with E-state index in [1.54, 1.807) is 0 Å². The van der Waals surface area contributed by atoms with Gasteiger partial charge in [-0.15, -0.1) is 0 Å². The van der Waals surface area contributed by atoms with Gasteiger partial charge in [0, 0.05) is 26.0 Å². The van der Waals surface area contributed by atoms with Gasteiger partial charge in [0.2, 0.25) is 0 Å². The topological polar surface area (TPSA) is 30.3 Å². The van der Waals surface area contributed by atoms with E-state index in [4.69, 9.17) is 4.74 Å². The molecule has 108 valence electrons. The third kappa shape index (κ3) is 4.10. The Bertz CT molecular complexity index is 542. The van der Waals surface area contributed by atoms with Gasteiger partial charge in [0.15, 0.2) is 0 Å². The highest BCUT2D eigenvalue weighted by molar-refractivity contribution is 5.32. The molecule has 0 unspecified atom stereocenters. The summed E-state index contributed by atoms with van der Waals surface area (Å²) < 4.78 is 7.86. The van der Waals surface area contributed by atoms with Crippen LogP contribution in [-0.4, -0.2) is 34.7 Å². The van der Waals surface area contributed by atoms with Crippen molar-refractivity contribution in [2.45, 2.75) is 20.4 Å². The highest BCUT2D eigenvalue weighted by Crippen LogP contribution is 2.16. The van der Waals surface area contributed by atoms with Gasteiger partial charge in [0.25, 0.3) is 0 Å². The molecule has 0 aliphatic rings. The van der Waals surface area contributed by atoms with Gasteiger partial charge in [-0.25, -0.2) is 4.98 Å². The van der Waals surface area contributed by atoms with E-state index in [0.29, 0.717) is 6.61 Å². The summed E-state index contributed by atoms with van der Waals surface area (Å²) in [6, 6.07) is 6.30. The second-order valence-electron chi connectivity index (χ2n) is 5.36. The Morgan fingerprint density at radius 3 is 2.50 bits per heavy atom. The molecule has 0 saturated carbocycles. The number of hydrogen-bond acceptors (Lipinski definition) is 3. The normalized spacial score (nSPS) is 11.1. The van der Waals surface area contributed by atoms with Crippen LogP contribution in [0.15, 0.2) is 30.6 Å². The van der Waals surface area contributed by atoms with Gasteiger partial charge in [0.05, 0.1) is 6.54 Å². The quantitative estimate of drug-likeness (QED) is 0.810. The number of imidazole rings is 1. The summed E-state index contributed by atoms with van der Waals surface area (Å²) in [5, 5.41) is 0. The first-order chi connectivity index (χ1) is 9.54. The second kappa shape index (κ2) is 6.57. The number of rotatable bonds is 6. The summed E-state index contributed by atoms with van der Waals surface area (Å²) >= 11 is 0. The minimum absolute atomic E-state index is 0.684. The fourth-order valence-corrected chi connectivity index (χ4v) is 2.20. The van der Waals surface area contributed by atoms with E-state index >= 15 is 0 Å². The van der Waals surface area contributed by atoms with E-state index in [-0.39, 0.29) is 0 Å². The number of nitrogens with zero attached hydrogens (tertiary/aromatic N) is 3. The Morgan fingerprint density at radius 2 is 1.90 bits per heavy atom. The Hall–Kier alpha value is -1.81. The summed E-state index contributed by atoms with van der Waals surface area (Å²) in [5.41, 5.74) is 2.47. The number of hydrogen-bond donors (Lipinski definition) is 0. The average Bonchev–Trinajstić information content (AvgIpc) is 2.73. The molecule has 4 heteroatoms. The van der Waals surface area contributed by atoms with Crippen molar-refractivity contribution in [3.05, 3.63) is 47.5 Å². The molecule has 0 N–H and O–H groups in total. The number of likely N-dealkylation sites (N-methyl/N-ethyl adjacent to an activating group) is 1. The zero-order chi connectivity index (χ0) is 14.5. The van der Waals surface area contributed by atoms with Crippen molar-refractivity contribution in [2.75, 3.05) is 20.2 Å². The summed E-state index contributed by atoms with van der Waals surface area (Å²) in [7, 11) is 4.10. The number of ether oxygens (including phenoxy) is 1. The molecule has 4 nitrogen and oxygen atoms in total. The summed E-state index contributed by atoms with van der Waals surface area (Å²) in [6.07, 6.45) is 3.80. The van der Waals surface area contributed by atoms with Crippen LogP contribution >= 0.6 is 0 Å². The fourth-order valence-electron chi connectivity index (χ4n) is 2.20.